The number of nitrogens with zero attached hydrogens (tertiary/aromatic N) is 1. The molecule has 0 radical (unpaired) electrons. The van der Waals surface area contributed by atoms with Crippen LogP contribution in [0.3, 0.4) is 0 Å². The van der Waals surface area contributed by atoms with Crippen LogP contribution < -0.4 is 5.32 Å². The Morgan fingerprint density at radius 2 is 2.09 bits per heavy atom. The lowest BCUT2D eigenvalue weighted by Crippen LogP contribution is -2.40. The van der Waals surface area contributed by atoms with Crippen LogP contribution in [0.25, 0.3) is 0 Å². The van der Waals surface area contributed by atoms with Gasteiger partial charge in [0.05, 0.1) is 10.3 Å². The number of benzene rings is 1. The van der Waals surface area contributed by atoms with E-state index in [9.17, 15) is 23.1 Å². The molecular formula is C15H18N2O5S. The van der Waals surface area contributed by atoms with Gasteiger partial charge in [-0.05, 0) is 50.5 Å². The van der Waals surface area contributed by atoms with E-state index in [1.165, 1.54) is 12.1 Å². The van der Waals surface area contributed by atoms with Gasteiger partial charge in [0.1, 0.15) is 6.04 Å². The highest BCUT2D eigenvalue weighted by molar-refractivity contribution is 7.89. The number of sulfonamides is 1. The third kappa shape index (κ3) is 2.33. The van der Waals surface area contributed by atoms with Crippen molar-refractivity contribution in [3.63, 3.8) is 0 Å². The molecule has 0 bridgehead atoms. The fourth-order valence-corrected chi connectivity index (χ4v) is 4.80. The topological polar surface area (TPSA) is 104 Å². The molecule has 7 nitrogen and oxygen atoms in total. The zero-order valence-corrected chi connectivity index (χ0v) is 13.7. The van der Waals surface area contributed by atoms with Gasteiger partial charge in [0.25, 0.3) is 0 Å². The summed E-state index contributed by atoms with van der Waals surface area (Å²) in [5.41, 5.74) is 0.378. The number of hydrogen-bond acceptors (Lipinski definition) is 4. The van der Waals surface area contributed by atoms with E-state index in [-0.39, 0.29) is 17.3 Å². The minimum atomic E-state index is -3.91. The van der Waals surface area contributed by atoms with Crippen molar-refractivity contribution in [1.29, 1.82) is 0 Å². The molecule has 1 atom stereocenters. The number of carboxylic acid groups (broad SMARTS) is 1. The molecule has 2 N–H and O–H groups in total. The normalized spacial score (nSPS) is 23.6. The molecule has 1 amide bonds. The van der Waals surface area contributed by atoms with Crippen LogP contribution in [0.1, 0.15) is 32.3 Å². The molecule has 1 aromatic carbocycles. The number of hydrogen-bond donors (Lipinski definition) is 2. The van der Waals surface area contributed by atoms with E-state index in [0.29, 0.717) is 24.1 Å². The van der Waals surface area contributed by atoms with Gasteiger partial charge in [-0.15, -0.1) is 0 Å². The number of aliphatic carboxylic acids is 1. The van der Waals surface area contributed by atoms with Crippen LogP contribution in [-0.2, 0) is 25.0 Å². The SMILES string of the molecule is CC1(C)C(=O)Nc2ccc(S(=O)(=O)N3CCCC3C(=O)O)cc21. The first-order chi connectivity index (χ1) is 10.7. The number of carbonyl (C=O) groups is 2. The molecule has 23 heavy (non-hydrogen) atoms. The number of nitrogens with one attached hydrogen (secondary N) is 1. The number of rotatable bonds is 3. The number of carboxylic acids is 1. The summed E-state index contributed by atoms with van der Waals surface area (Å²) in [4.78, 5) is 23.2. The summed E-state index contributed by atoms with van der Waals surface area (Å²) in [6.45, 7) is 3.64. The molecule has 124 valence electrons. The predicted molar refractivity (Wildman–Crippen MR) is 82.6 cm³/mol. The number of anilines is 1. The van der Waals surface area contributed by atoms with Crippen molar-refractivity contribution >= 4 is 27.6 Å². The summed E-state index contributed by atoms with van der Waals surface area (Å²) in [5.74, 6) is -1.32. The van der Waals surface area contributed by atoms with Crippen LogP contribution in [0, 0.1) is 0 Å². The van der Waals surface area contributed by atoms with Gasteiger partial charge in [0.15, 0.2) is 0 Å². The number of fused-ring (bicyclic) bond motifs is 1. The Morgan fingerprint density at radius 3 is 2.74 bits per heavy atom. The lowest BCUT2D eigenvalue weighted by Gasteiger charge is -2.22. The quantitative estimate of drug-likeness (QED) is 0.860. The molecule has 1 unspecified atom stereocenters. The van der Waals surface area contributed by atoms with Crippen molar-refractivity contribution in [3.8, 4) is 0 Å². The van der Waals surface area contributed by atoms with Gasteiger partial charge < -0.3 is 10.4 Å². The van der Waals surface area contributed by atoms with Crippen LogP contribution in [0.5, 0.6) is 0 Å². The predicted octanol–water partition coefficient (Wildman–Crippen LogP) is 1.15. The smallest absolute Gasteiger partial charge is 0.322 e. The third-order valence-corrected chi connectivity index (χ3v) is 6.48. The summed E-state index contributed by atoms with van der Waals surface area (Å²) in [6.07, 6.45) is 0.831. The third-order valence-electron chi connectivity index (χ3n) is 4.58. The van der Waals surface area contributed by atoms with Crippen LogP contribution in [0.4, 0.5) is 5.69 Å². The summed E-state index contributed by atoms with van der Waals surface area (Å²) >= 11 is 0. The Balaban J connectivity index is 2.05. The monoisotopic (exact) mass is 338 g/mol. The first kappa shape index (κ1) is 15.9. The Labute approximate surface area is 134 Å². The standard InChI is InChI=1S/C15H18N2O5S/c1-15(2)10-8-9(5-6-11(10)16-14(15)20)23(21,22)17-7-3-4-12(17)13(18)19/h5-6,8,12H,3-4,7H2,1-2H3,(H,16,20)(H,18,19). The highest BCUT2D eigenvalue weighted by atomic mass is 32.2. The molecule has 8 heteroatoms. The molecule has 0 aliphatic carbocycles. The van der Waals surface area contributed by atoms with E-state index in [1.54, 1.807) is 19.9 Å². The second-order valence-corrected chi connectivity index (χ2v) is 8.29. The average molecular weight is 338 g/mol. The molecule has 0 spiro atoms. The Morgan fingerprint density at radius 1 is 1.39 bits per heavy atom. The lowest BCUT2D eigenvalue weighted by molar-refractivity contribution is -0.140. The molecule has 1 aromatic rings. The van der Waals surface area contributed by atoms with Crippen molar-refractivity contribution < 1.29 is 23.1 Å². The van der Waals surface area contributed by atoms with Crippen LogP contribution in [0.2, 0.25) is 0 Å². The fraction of sp³-hybridized carbons (Fsp3) is 0.467. The van der Waals surface area contributed by atoms with Crippen molar-refractivity contribution in [2.45, 2.75) is 43.0 Å². The maximum atomic E-state index is 12.8. The molecule has 2 aliphatic rings. The van der Waals surface area contributed by atoms with Gasteiger partial charge >= 0.3 is 5.97 Å². The van der Waals surface area contributed by atoms with Gasteiger partial charge in [0.2, 0.25) is 15.9 Å². The van der Waals surface area contributed by atoms with Crippen molar-refractivity contribution in [2.24, 2.45) is 0 Å². The van der Waals surface area contributed by atoms with E-state index in [1.807, 2.05) is 0 Å². The van der Waals surface area contributed by atoms with Gasteiger partial charge in [-0.3, -0.25) is 9.59 Å². The average Bonchev–Trinajstić information content (AvgIpc) is 3.04. The molecular weight excluding hydrogens is 320 g/mol. The second-order valence-electron chi connectivity index (χ2n) is 6.40. The summed E-state index contributed by atoms with van der Waals surface area (Å²) in [6, 6.07) is 3.41. The van der Waals surface area contributed by atoms with Gasteiger partial charge in [-0.1, -0.05) is 0 Å². The van der Waals surface area contributed by atoms with Gasteiger partial charge in [-0.2, -0.15) is 4.31 Å². The Bertz CT molecular complexity index is 800. The van der Waals surface area contributed by atoms with Crippen molar-refractivity contribution in [2.75, 3.05) is 11.9 Å². The van der Waals surface area contributed by atoms with Crippen molar-refractivity contribution in [1.82, 2.24) is 4.31 Å². The number of carbonyl (C=O) groups excluding carboxylic acids is 1. The minimum Gasteiger partial charge on any atom is -0.480 e. The van der Waals surface area contributed by atoms with Crippen LogP contribution in [0.15, 0.2) is 23.1 Å². The second kappa shape index (κ2) is 5.04. The highest BCUT2D eigenvalue weighted by Crippen LogP contribution is 2.39. The zero-order valence-electron chi connectivity index (χ0n) is 12.9. The molecule has 2 heterocycles. The van der Waals surface area contributed by atoms with E-state index in [0.717, 1.165) is 4.31 Å². The van der Waals surface area contributed by atoms with Gasteiger partial charge in [0, 0.05) is 12.2 Å². The maximum Gasteiger partial charge on any atom is 0.322 e. The minimum absolute atomic E-state index is 0.0222. The molecule has 0 aromatic heterocycles. The van der Waals surface area contributed by atoms with E-state index in [2.05, 4.69) is 5.32 Å². The first-order valence-electron chi connectivity index (χ1n) is 7.36. The van der Waals surface area contributed by atoms with E-state index in [4.69, 9.17) is 0 Å². The Hall–Kier alpha value is -1.93. The molecule has 0 saturated carbocycles. The fourth-order valence-electron chi connectivity index (χ4n) is 3.12. The summed E-state index contributed by atoms with van der Waals surface area (Å²) in [5, 5.41) is 11.9. The first-order valence-corrected chi connectivity index (χ1v) is 8.80. The van der Waals surface area contributed by atoms with E-state index < -0.39 is 27.4 Å². The summed E-state index contributed by atoms with van der Waals surface area (Å²) < 4.78 is 26.6. The molecule has 3 rings (SSSR count). The van der Waals surface area contributed by atoms with Crippen LogP contribution in [-0.4, -0.2) is 42.3 Å². The zero-order chi connectivity index (χ0) is 17.0. The summed E-state index contributed by atoms with van der Waals surface area (Å²) in [7, 11) is -3.91. The highest BCUT2D eigenvalue weighted by Gasteiger charge is 2.42. The van der Waals surface area contributed by atoms with Crippen LogP contribution >= 0.6 is 0 Å². The van der Waals surface area contributed by atoms with Crippen molar-refractivity contribution in [3.05, 3.63) is 23.8 Å². The Kier molecular flexibility index (Phi) is 3.49. The molecule has 1 saturated heterocycles. The molecule has 2 aliphatic heterocycles. The lowest BCUT2D eigenvalue weighted by atomic mass is 9.86. The number of amides is 1. The van der Waals surface area contributed by atoms with E-state index >= 15 is 0 Å². The largest absolute Gasteiger partial charge is 0.480 e. The maximum absolute atomic E-state index is 12.8. The molecule has 1 fully saturated rings. The van der Waals surface area contributed by atoms with Gasteiger partial charge in [-0.25, -0.2) is 8.42 Å².